The van der Waals surface area contributed by atoms with E-state index in [-0.39, 0.29) is 5.92 Å². The van der Waals surface area contributed by atoms with Crippen molar-refractivity contribution in [3.63, 3.8) is 0 Å². The molecular weight excluding hydrogens is 254 g/mol. The highest BCUT2D eigenvalue weighted by Crippen LogP contribution is 2.48. The lowest BCUT2D eigenvalue weighted by Crippen LogP contribution is -2.41. The predicted octanol–water partition coefficient (Wildman–Crippen LogP) is 2.17. The summed E-state index contributed by atoms with van der Waals surface area (Å²) < 4.78 is 0. The third kappa shape index (κ3) is 1.96. The number of carboxylic acid groups (broad SMARTS) is 1. The Hall–Kier alpha value is -1.65. The molecule has 0 spiro atoms. The summed E-state index contributed by atoms with van der Waals surface area (Å²) in [5, 5.41) is 9.73. The average molecular weight is 275 g/mol. The molecule has 1 aliphatic carbocycles. The first-order chi connectivity index (χ1) is 9.53. The molecule has 0 unspecified atom stereocenters. The van der Waals surface area contributed by atoms with E-state index in [1.54, 1.807) is 6.20 Å². The number of aryl methyl sites for hydroxylation is 2. The van der Waals surface area contributed by atoms with Gasteiger partial charge < -0.3 is 10.0 Å². The Morgan fingerprint density at radius 1 is 1.45 bits per heavy atom. The molecule has 2 aliphatic rings. The minimum Gasteiger partial charge on any atom is -0.481 e. The van der Waals surface area contributed by atoms with E-state index in [1.165, 1.54) is 0 Å². The zero-order valence-electron chi connectivity index (χ0n) is 12.1. The van der Waals surface area contributed by atoms with Crippen LogP contribution in [0.1, 0.15) is 37.1 Å². The van der Waals surface area contributed by atoms with Gasteiger partial charge in [-0.15, -0.1) is 0 Å². The topological polar surface area (TPSA) is 66.3 Å². The predicted molar refractivity (Wildman–Crippen MR) is 75.7 cm³/mol. The second-order valence-electron chi connectivity index (χ2n) is 6.20. The SMILES string of the molecule is Cc1cnc(C)c(N2C[C@@H]3CCCC[C@]3(C(=O)O)C2)n1. The van der Waals surface area contributed by atoms with Crippen molar-refractivity contribution in [1.82, 2.24) is 9.97 Å². The van der Waals surface area contributed by atoms with Crippen LogP contribution in [0, 0.1) is 25.2 Å². The molecule has 1 N–H and O–H groups in total. The molecule has 2 fully saturated rings. The summed E-state index contributed by atoms with van der Waals surface area (Å²) in [5.41, 5.74) is 1.19. The van der Waals surface area contributed by atoms with Crippen LogP contribution in [0.25, 0.3) is 0 Å². The molecule has 108 valence electrons. The Labute approximate surface area is 119 Å². The highest BCUT2D eigenvalue weighted by atomic mass is 16.4. The third-order valence-corrected chi connectivity index (χ3v) is 4.90. The zero-order chi connectivity index (χ0) is 14.3. The second kappa shape index (κ2) is 4.72. The number of carboxylic acids is 1. The second-order valence-corrected chi connectivity index (χ2v) is 6.20. The molecule has 1 saturated heterocycles. The number of hydrogen-bond acceptors (Lipinski definition) is 4. The molecule has 1 aromatic heterocycles. The first-order valence-corrected chi connectivity index (χ1v) is 7.31. The molecule has 0 bridgehead atoms. The van der Waals surface area contributed by atoms with Crippen molar-refractivity contribution in [2.24, 2.45) is 11.3 Å². The van der Waals surface area contributed by atoms with Gasteiger partial charge in [0.15, 0.2) is 0 Å². The molecule has 1 aromatic rings. The van der Waals surface area contributed by atoms with Crippen molar-refractivity contribution in [2.75, 3.05) is 18.0 Å². The summed E-state index contributed by atoms with van der Waals surface area (Å²) in [7, 11) is 0. The van der Waals surface area contributed by atoms with Gasteiger partial charge in [-0.2, -0.15) is 0 Å². The van der Waals surface area contributed by atoms with E-state index in [0.29, 0.717) is 6.54 Å². The van der Waals surface area contributed by atoms with Crippen LogP contribution in [0.5, 0.6) is 0 Å². The number of hydrogen-bond donors (Lipinski definition) is 1. The summed E-state index contributed by atoms with van der Waals surface area (Å²) in [4.78, 5) is 22.9. The van der Waals surface area contributed by atoms with Gasteiger partial charge in [-0.05, 0) is 32.6 Å². The minimum atomic E-state index is -0.636. The highest BCUT2D eigenvalue weighted by molar-refractivity contribution is 5.77. The van der Waals surface area contributed by atoms with Crippen LogP contribution in [0.2, 0.25) is 0 Å². The van der Waals surface area contributed by atoms with E-state index >= 15 is 0 Å². The molecule has 3 rings (SSSR count). The van der Waals surface area contributed by atoms with Gasteiger partial charge in [0.1, 0.15) is 5.82 Å². The zero-order valence-corrected chi connectivity index (χ0v) is 12.1. The van der Waals surface area contributed by atoms with Crippen molar-refractivity contribution < 1.29 is 9.90 Å². The summed E-state index contributed by atoms with van der Waals surface area (Å²) in [6.45, 7) is 5.24. The largest absolute Gasteiger partial charge is 0.481 e. The Morgan fingerprint density at radius 3 is 2.95 bits per heavy atom. The van der Waals surface area contributed by atoms with Gasteiger partial charge in [-0.1, -0.05) is 12.8 Å². The van der Waals surface area contributed by atoms with E-state index in [0.717, 1.165) is 49.4 Å². The number of nitrogens with zero attached hydrogens (tertiary/aromatic N) is 3. The van der Waals surface area contributed by atoms with E-state index in [4.69, 9.17) is 0 Å². The molecular formula is C15H21N3O2. The van der Waals surface area contributed by atoms with Gasteiger partial charge in [0.25, 0.3) is 0 Å². The first kappa shape index (κ1) is 13.3. The minimum absolute atomic E-state index is 0.246. The van der Waals surface area contributed by atoms with Crippen LogP contribution in [-0.4, -0.2) is 34.1 Å². The molecule has 0 radical (unpaired) electrons. The maximum Gasteiger partial charge on any atom is 0.311 e. The van der Waals surface area contributed by atoms with E-state index in [9.17, 15) is 9.90 Å². The number of fused-ring (bicyclic) bond motifs is 1. The van der Waals surface area contributed by atoms with Gasteiger partial charge in [0.05, 0.1) is 16.8 Å². The van der Waals surface area contributed by atoms with Crippen molar-refractivity contribution in [3.05, 3.63) is 17.6 Å². The van der Waals surface area contributed by atoms with E-state index < -0.39 is 11.4 Å². The van der Waals surface area contributed by atoms with Gasteiger partial charge in [-0.3, -0.25) is 9.78 Å². The molecule has 1 aliphatic heterocycles. The fraction of sp³-hybridized carbons (Fsp3) is 0.667. The number of aromatic nitrogens is 2. The highest BCUT2D eigenvalue weighted by Gasteiger charge is 2.53. The van der Waals surface area contributed by atoms with Crippen LogP contribution < -0.4 is 4.90 Å². The maximum atomic E-state index is 11.8. The smallest absolute Gasteiger partial charge is 0.311 e. The Balaban J connectivity index is 1.94. The molecule has 20 heavy (non-hydrogen) atoms. The fourth-order valence-electron chi connectivity index (χ4n) is 3.79. The van der Waals surface area contributed by atoms with Crippen molar-refractivity contribution >= 4 is 11.8 Å². The van der Waals surface area contributed by atoms with Crippen LogP contribution in [0.15, 0.2) is 6.20 Å². The molecule has 5 nitrogen and oxygen atoms in total. The van der Waals surface area contributed by atoms with Crippen LogP contribution in [0.3, 0.4) is 0 Å². The summed E-state index contributed by atoms with van der Waals surface area (Å²) >= 11 is 0. The monoisotopic (exact) mass is 275 g/mol. The lowest BCUT2D eigenvalue weighted by molar-refractivity contribution is -0.152. The standard InChI is InChI=1S/C15H21N3O2/c1-10-7-16-11(2)13(17-10)18-8-12-5-3-4-6-15(12,9-18)14(19)20/h7,12H,3-6,8-9H2,1-2H3,(H,19,20)/t12-,15-/m0/s1. The molecule has 1 saturated carbocycles. The van der Waals surface area contributed by atoms with Gasteiger partial charge in [0.2, 0.25) is 0 Å². The average Bonchev–Trinajstić information content (AvgIpc) is 2.82. The van der Waals surface area contributed by atoms with E-state index in [1.807, 2.05) is 13.8 Å². The molecule has 0 aromatic carbocycles. The molecule has 5 heteroatoms. The lowest BCUT2D eigenvalue weighted by atomic mass is 9.68. The quantitative estimate of drug-likeness (QED) is 0.896. The maximum absolute atomic E-state index is 11.8. The van der Waals surface area contributed by atoms with Gasteiger partial charge in [-0.25, -0.2) is 4.98 Å². The lowest BCUT2D eigenvalue weighted by Gasteiger charge is -2.34. The number of carbonyl (C=O) groups is 1. The summed E-state index contributed by atoms with van der Waals surface area (Å²) in [6, 6.07) is 0. The van der Waals surface area contributed by atoms with Gasteiger partial charge >= 0.3 is 5.97 Å². The van der Waals surface area contributed by atoms with Crippen LogP contribution in [0.4, 0.5) is 5.82 Å². The Kier molecular flexibility index (Phi) is 3.15. The Bertz CT molecular complexity index is 546. The fourth-order valence-corrected chi connectivity index (χ4v) is 3.79. The number of aliphatic carboxylic acids is 1. The van der Waals surface area contributed by atoms with Crippen molar-refractivity contribution in [3.8, 4) is 0 Å². The molecule has 2 heterocycles. The normalized spacial score (nSPS) is 29.3. The summed E-state index contributed by atoms with van der Waals surface area (Å²) in [5.74, 6) is 0.471. The van der Waals surface area contributed by atoms with E-state index in [2.05, 4.69) is 14.9 Å². The van der Waals surface area contributed by atoms with Gasteiger partial charge in [0, 0.05) is 19.3 Å². The number of rotatable bonds is 2. The number of anilines is 1. The Morgan fingerprint density at radius 2 is 2.25 bits per heavy atom. The first-order valence-electron chi connectivity index (χ1n) is 7.31. The van der Waals surface area contributed by atoms with Crippen LogP contribution in [-0.2, 0) is 4.79 Å². The van der Waals surface area contributed by atoms with Crippen molar-refractivity contribution in [1.29, 1.82) is 0 Å². The van der Waals surface area contributed by atoms with Crippen molar-refractivity contribution in [2.45, 2.75) is 39.5 Å². The summed E-state index contributed by atoms with van der Waals surface area (Å²) in [6.07, 6.45) is 5.74. The molecule has 2 atom stereocenters. The third-order valence-electron chi connectivity index (χ3n) is 4.90. The molecule has 0 amide bonds. The van der Waals surface area contributed by atoms with Crippen LogP contribution >= 0.6 is 0 Å².